The maximum Gasteiger partial charge on any atom is 0.113 e. The van der Waals surface area contributed by atoms with E-state index in [1.807, 2.05) is 0 Å². The van der Waals surface area contributed by atoms with E-state index in [4.69, 9.17) is 4.98 Å². The molecule has 0 radical (unpaired) electrons. The Morgan fingerprint density at radius 1 is 0.913 bits per heavy atom. The Hall–Kier alpha value is -2.13. The minimum atomic E-state index is 0.585. The molecule has 0 unspecified atom stereocenters. The Kier molecular flexibility index (Phi) is 3.01. The third-order valence-corrected chi connectivity index (χ3v) is 5.12. The van der Waals surface area contributed by atoms with Crippen LogP contribution in [0.4, 0.5) is 0 Å². The molecule has 1 aliphatic carbocycles. The number of benzene rings is 2. The predicted octanol–water partition coefficient (Wildman–Crippen LogP) is 3.97. The molecule has 0 N–H and O–H groups in total. The number of hydrogen-bond acceptors (Lipinski definition) is 2. The third-order valence-electron chi connectivity index (χ3n) is 5.12. The van der Waals surface area contributed by atoms with Crippen LogP contribution >= 0.6 is 0 Å². The van der Waals surface area contributed by atoms with Crippen molar-refractivity contribution in [1.29, 1.82) is 0 Å². The summed E-state index contributed by atoms with van der Waals surface area (Å²) < 4.78 is 2.54. The van der Waals surface area contributed by atoms with Crippen molar-refractivity contribution in [2.24, 2.45) is 0 Å². The van der Waals surface area contributed by atoms with E-state index in [2.05, 4.69) is 64.1 Å². The first kappa shape index (κ1) is 13.3. The van der Waals surface area contributed by atoms with E-state index in [0.29, 0.717) is 12.0 Å². The quantitative estimate of drug-likeness (QED) is 0.727. The van der Waals surface area contributed by atoms with Crippen LogP contribution in [0.1, 0.15) is 36.2 Å². The topological polar surface area (TPSA) is 21.1 Å². The number of fused-ring (bicyclic) bond motifs is 1. The molecule has 116 valence electrons. The fraction of sp³-hybridized carbons (Fsp3) is 0.350. The van der Waals surface area contributed by atoms with Gasteiger partial charge in [0.05, 0.1) is 17.1 Å². The summed E-state index contributed by atoms with van der Waals surface area (Å²) in [6.07, 6.45) is 2.62. The van der Waals surface area contributed by atoms with Gasteiger partial charge in [-0.1, -0.05) is 42.5 Å². The lowest BCUT2D eigenvalue weighted by molar-refractivity contribution is 0.0995. The monoisotopic (exact) mass is 303 g/mol. The summed E-state index contributed by atoms with van der Waals surface area (Å²) in [6.45, 7) is 3.33. The van der Waals surface area contributed by atoms with E-state index in [1.165, 1.54) is 29.7 Å². The summed E-state index contributed by atoms with van der Waals surface area (Å²) in [7, 11) is 0. The summed E-state index contributed by atoms with van der Waals surface area (Å²) >= 11 is 0. The van der Waals surface area contributed by atoms with Crippen LogP contribution in [0.25, 0.3) is 11.0 Å². The molecular formula is C20H21N3. The zero-order valence-corrected chi connectivity index (χ0v) is 13.2. The molecule has 3 aromatic rings. The lowest BCUT2D eigenvalue weighted by Crippen LogP contribution is -2.47. The summed E-state index contributed by atoms with van der Waals surface area (Å²) in [5.41, 5.74) is 3.89. The first-order chi connectivity index (χ1) is 11.4. The van der Waals surface area contributed by atoms with Gasteiger partial charge in [-0.2, -0.15) is 0 Å². The van der Waals surface area contributed by atoms with Gasteiger partial charge in [0.1, 0.15) is 5.82 Å². The van der Waals surface area contributed by atoms with Crippen molar-refractivity contribution in [3.63, 3.8) is 0 Å². The molecular weight excluding hydrogens is 282 g/mol. The van der Waals surface area contributed by atoms with E-state index < -0.39 is 0 Å². The summed E-state index contributed by atoms with van der Waals surface area (Å²) in [5.74, 6) is 2.03. The highest BCUT2D eigenvalue weighted by atomic mass is 15.3. The smallest absolute Gasteiger partial charge is 0.113 e. The SMILES string of the molecule is c1ccc(CN2CC(n3c(C4CC4)nc4ccccc43)C2)cc1. The molecule has 3 heteroatoms. The minimum Gasteiger partial charge on any atom is -0.322 e. The molecule has 1 saturated heterocycles. The van der Waals surface area contributed by atoms with Crippen LogP contribution in [0.5, 0.6) is 0 Å². The van der Waals surface area contributed by atoms with E-state index in [1.54, 1.807) is 0 Å². The first-order valence-electron chi connectivity index (χ1n) is 8.61. The van der Waals surface area contributed by atoms with Gasteiger partial charge in [0.15, 0.2) is 0 Å². The van der Waals surface area contributed by atoms with E-state index in [9.17, 15) is 0 Å². The molecule has 0 bridgehead atoms. The number of likely N-dealkylation sites (tertiary alicyclic amines) is 1. The number of aromatic nitrogens is 2. The second kappa shape index (κ2) is 5.20. The third kappa shape index (κ3) is 2.36. The molecule has 2 heterocycles. The Balaban J connectivity index is 1.39. The number of imidazole rings is 1. The zero-order chi connectivity index (χ0) is 15.2. The molecule has 2 aromatic carbocycles. The van der Waals surface area contributed by atoms with Crippen LogP contribution in [0, 0.1) is 0 Å². The number of hydrogen-bond donors (Lipinski definition) is 0. The fourth-order valence-corrected chi connectivity index (χ4v) is 3.75. The van der Waals surface area contributed by atoms with Crippen molar-refractivity contribution in [1.82, 2.24) is 14.5 Å². The molecule has 2 fully saturated rings. The van der Waals surface area contributed by atoms with Crippen LogP contribution in [-0.2, 0) is 6.54 Å². The lowest BCUT2D eigenvalue weighted by atomic mass is 10.1. The van der Waals surface area contributed by atoms with Gasteiger partial charge >= 0.3 is 0 Å². The standard InChI is InChI=1S/C20H21N3/c1-2-6-15(7-3-1)12-22-13-17(14-22)23-19-9-5-4-8-18(19)21-20(23)16-10-11-16/h1-9,16-17H,10-14H2. The highest BCUT2D eigenvalue weighted by molar-refractivity contribution is 5.76. The molecule has 2 aliphatic rings. The Labute approximate surface area is 136 Å². The molecule has 0 atom stereocenters. The highest BCUT2D eigenvalue weighted by Gasteiger charge is 2.36. The summed E-state index contributed by atoms with van der Waals surface area (Å²) in [5, 5.41) is 0. The summed E-state index contributed by atoms with van der Waals surface area (Å²) in [4.78, 5) is 7.46. The van der Waals surface area contributed by atoms with Gasteiger partial charge in [0, 0.05) is 25.6 Å². The number of para-hydroxylation sites is 2. The van der Waals surface area contributed by atoms with Crippen molar-refractivity contribution in [2.75, 3.05) is 13.1 Å². The van der Waals surface area contributed by atoms with Crippen LogP contribution in [-0.4, -0.2) is 27.5 Å². The average Bonchev–Trinajstić information content (AvgIpc) is 3.33. The Morgan fingerprint density at radius 3 is 2.43 bits per heavy atom. The molecule has 1 saturated carbocycles. The van der Waals surface area contributed by atoms with Crippen molar-refractivity contribution in [3.8, 4) is 0 Å². The van der Waals surface area contributed by atoms with Crippen LogP contribution in [0.2, 0.25) is 0 Å². The van der Waals surface area contributed by atoms with Gasteiger partial charge in [-0.3, -0.25) is 4.90 Å². The lowest BCUT2D eigenvalue weighted by Gasteiger charge is -2.41. The van der Waals surface area contributed by atoms with Gasteiger partial charge in [0.25, 0.3) is 0 Å². The molecule has 1 aliphatic heterocycles. The minimum absolute atomic E-state index is 0.585. The van der Waals surface area contributed by atoms with E-state index in [0.717, 1.165) is 25.2 Å². The molecule has 23 heavy (non-hydrogen) atoms. The highest BCUT2D eigenvalue weighted by Crippen LogP contribution is 2.43. The Morgan fingerprint density at radius 2 is 1.65 bits per heavy atom. The second-order valence-corrected chi connectivity index (χ2v) is 6.94. The number of nitrogens with zero attached hydrogens (tertiary/aromatic N) is 3. The largest absolute Gasteiger partial charge is 0.322 e. The van der Waals surface area contributed by atoms with Gasteiger partial charge < -0.3 is 4.57 Å². The van der Waals surface area contributed by atoms with E-state index >= 15 is 0 Å². The molecule has 3 nitrogen and oxygen atoms in total. The van der Waals surface area contributed by atoms with Crippen LogP contribution in [0.3, 0.4) is 0 Å². The Bertz CT molecular complexity index is 826. The van der Waals surface area contributed by atoms with E-state index in [-0.39, 0.29) is 0 Å². The van der Waals surface area contributed by atoms with Gasteiger partial charge in [-0.15, -0.1) is 0 Å². The first-order valence-corrected chi connectivity index (χ1v) is 8.61. The van der Waals surface area contributed by atoms with Gasteiger partial charge in [-0.05, 0) is 30.5 Å². The van der Waals surface area contributed by atoms with Crippen molar-refractivity contribution >= 4 is 11.0 Å². The van der Waals surface area contributed by atoms with Gasteiger partial charge in [0.2, 0.25) is 0 Å². The van der Waals surface area contributed by atoms with Crippen molar-refractivity contribution < 1.29 is 0 Å². The van der Waals surface area contributed by atoms with Crippen molar-refractivity contribution in [3.05, 3.63) is 66.0 Å². The predicted molar refractivity (Wildman–Crippen MR) is 92.5 cm³/mol. The summed E-state index contributed by atoms with van der Waals surface area (Å²) in [6, 6.07) is 20.0. The normalized spacial score (nSPS) is 19.1. The maximum atomic E-state index is 4.93. The second-order valence-electron chi connectivity index (χ2n) is 6.94. The fourth-order valence-electron chi connectivity index (χ4n) is 3.75. The molecule has 0 amide bonds. The molecule has 1 aromatic heterocycles. The molecule has 0 spiro atoms. The van der Waals surface area contributed by atoms with Crippen LogP contribution < -0.4 is 0 Å². The molecule has 5 rings (SSSR count). The average molecular weight is 303 g/mol. The van der Waals surface area contributed by atoms with Gasteiger partial charge in [-0.25, -0.2) is 4.98 Å². The zero-order valence-electron chi connectivity index (χ0n) is 13.2. The van der Waals surface area contributed by atoms with Crippen LogP contribution in [0.15, 0.2) is 54.6 Å². The van der Waals surface area contributed by atoms with Crippen molar-refractivity contribution in [2.45, 2.75) is 31.3 Å². The maximum absolute atomic E-state index is 4.93. The number of rotatable bonds is 4.